The Kier molecular flexibility index (Phi) is 4.24. The van der Waals surface area contributed by atoms with Gasteiger partial charge in [0, 0.05) is 27.9 Å². The fourth-order valence-corrected chi connectivity index (χ4v) is 3.99. The average Bonchev–Trinajstić information content (AvgIpc) is 2.59. The third-order valence-corrected chi connectivity index (χ3v) is 6.05. The second-order valence-corrected chi connectivity index (χ2v) is 7.03. The highest BCUT2D eigenvalue weighted by Gasteiger charge is 2.24. The number of hydrogen-bond acceptors (Lipinski definition) is 3. The fourth-order valence-electron chi connectivity index (χ4n) is 1.81. The quantitative estimate of drug-likeness (QED) is 0.878. The summed E-state index contributed by atoms with van der Waals surface area (Å²) in [6.07, 6.45) is 2.31. The zero-order chi connectivity index (χ0) is 10.8. The molecule has 2 rings (SSSR count). The molecule has 84 valence electrons. The van der Waals surface area contributed by atoms with E-state index in [0.29, 0.717) is 5.92 Å². The molecule has 15 heavy (non-hydrogen) atoms. The Bertz CT molecular complexity index is 317. The maximum absolute atomic E-state index is 6.24. The normalized spacial score (nSPS) is 24.1. The van der Waals surface area contributed by atoms with E-state index in [1.807, 2.05) is 0 Å². The third kappa shape index (κ3) is 2.82. The van der Waals surface area contributed by atoms with Crippen LogP contribution in [0.5, 0.6) is 0 Å². The van der Waals surface area contributed by atoms with Gasteiger partial charge in [-0.15, -0.1) is 11.3 Å². The van der Waals surface area contributed by atoms with Crippen LogP contribution < -0.4 is 5.73 Å². The Morgan fingerprint density at radius 3 is 2.87 bits per heavy atom. The molecular weight excluding hydrogens is 342 g/mol. The topological polar surface area (TPSA) is 35.2 Å². The Morgan fingerprint density at radius 2 is 2.33 bits per heavy atom. The molecule has 0 aliphatic carbocycles. The van der Waals surface area contributed by atoms with Crippen LogP contribution in [0.4, 0.5) is 0 Å². The molecule has 1 fully saturated rings. The highest BCUT2D eigenvalue weighted by atomic mass is 79.9. The Labute approximate surface area is 110 Å². The minimum Gasteiger partial charge on any atom is -0.381 e. The molecular formula is C10H13Br2NOS. The van der Waals surface area contributed by atoms with Crippen molar-refractivity contribution >= 4 is 43.2 Å². The van der Waals surface area contributed by atoms with Crippen molar-refractivity contribution in [3.63, 3.8) is 0 Å². The van der Waals surface area contributed by atoms with E-state index in [1.54, 1.807) is 11.3 Å². The van der Waals surface area contributed by atoms with Crippen molar-refractivity contribution in [2.75, 3.05) is 13.2 Å². The van der Waals surface area contributed by atoms with Gasteiger partial charge in [0.15, 0.2) is 0 Å². The largest absolute Gasteiger partial charge is 0.381 e. The van der Waals surface area contributed by atoms with E-state index < -0.39 is 0 Å². The van der Waals surface area contributed by atoms with E-state index in [9.17, 15) is 0 Å². The Balaban J connectivity index is 2.08. The van der Waals surface area contributed by atoms with E-state index in [2.05, 4.69) is 37.9 Å². The van der Waals surface area contributed by atoms with Crippen LogP contribution in [-0.2, 0) is 4.74 Å². The molecule has 2 heterocycles. The van der Waals surface area contributed by atoms with Gasteiger partial charge in [0.25, 0.3) is 0 Å². The van der Waals surface area contributed by atoms with Gasteiger partial charge in [-0.25, -0.2) is 0 Å². The highest BCUT2D eigenvalue weighted by molar-refractivity contribution is 9.13. The first kappa shape index (κ1) is 12.0. The average molecular weight is 355 g/mol. The molecule has 0 saturated carbocycles. The molecule has 1 aromatic heterocycles. The lowest BCUT2D eigenvalue weighted by Gasteiger charge is -2.26. The molecule has 0 bridgehead atoms. The second-order valence-electron chi connectivity index (χ2n) is 3.77. The first-order valence-corrected chi connectivity index (χ1v) is 7.37. The van der Waals surface area contributed by atoms with Crippen LogP contribution in [0.2, 0.25) is 0 Å². The van der Waals surface area contributed by atoms with Gasteiger partial charge in [0.05, 0.1) is 10.4 Å². The van der Waals surface area contributed by atoms with E-state index in [4.69, 9.17) is 10.5 Å². The van der Waals surface area contributed by atoms with E-state index in [1.165, 1.54) is 11.3 Å². The van der Waals surface area contributed by atoms with Gasteiger partial charge in [-0.2, -0.15) is 0 Å². The summed E-state index contributed by atoms with van der Waals surface area (Å²) in [7, 11) is 0. The molecule has 0 amide bonds. The number of halogens is 2. The van der Waals surface area contributed by atoms with Crippen molar-refractivity contribution in [2.45, 2.75) is 18.9 Å². The molecule has 2 nitrogen and oxygen atoms in total. The van der Waals surface area contributed by atoms with Crippen LogP contribution >= 0.6 is 43.2 Å². The summed E-state index contributed by atoms with van der Waals surface area (Å²) >= 11 is 8.68. The molecule has 1 aromatic rings. The molecule has 5 heteroatoms. The van der Waals surface area contributed by atoms with Crippen molar-refractivity contribution in [3.8, 4) is 0 Å². The second kappa shape index (κ2) is 5.27. The fraction of sp³-hybridized carbons (Fsp3) is 0.600. The number of rotatable bonds is 2. The summed E-state index contributed by atoms with van der Waals surface area (Å²) in [5, 5.41) is 0. The summed E-state index contributed by atoms with van der Waals surface area (Å²) in [6.45, 7) is 1.69. The third-order valence-electron chi connectivity index (χ3n) is 2.70. The highest BCUT2D eigenvalue weighted by Crippen LogP contribution is 2.38. The summed E-state index contributed by atoms with van der Waals surface area (Å²) in [5.41, 5.74) is 6.24. The lowest BCUT2D eigenvalue weighted by atomic mass is 9.93. The van der Waals surface area contributed by atoms with Crippen LogP contribution in [0.25, 0.3) is 0 Å². The monoisotopic (exact) mass is 353 g/mol. The van der Waals surface area contributed by atoms with Crippen molar-refractivity contribution in [3.05, 3.63) is 19.2 Å². The lowest BCUT2D eigenvalue weighted by molar-refractivity contribution is 0.0452. The summed E-state index contributed by atoms with van der Waals surface area (Å²) in [5.74, 6) is 0.469. The zero-order valence-electron chi connectivity index (χ0n) is 8.21. The van der Waals surface area contributed by atoms with E-state index in [-0.39, 0.29) is 6.04 Å². The van der Waals surface area contributed by atoms with Gasteiger partial charge in [-0.3, -0.25) is 0 Å². The lowest BCUT2D eigenvalue weighted by Crippen LogP contribution is -2.28. The number of ether oxygens (including phenoxy) is 1. The van der Waals surface area contributed by atoms with Crippen LogP contribution in [0.3, 0.4) is 0 Å². The first-order valence-electron chi connectivity index (χ1n) is 4.96. The predicted octanol–water partition coefficient (Wildman–Crippen LogP) is 3.70. The maximum Gasteiger partial charge on any atom is 0.0843 e. The van der Waals surface area contributed by atoms with Gasteiger partial charge in [-0.1, -0.05) is 0 Å². The molecule has 1 aliphatic heterocycles. The minimum atomic E-state index is 0.109. The molecule has 0 radical (unpaired) electrons. The first-order chi connectivity index (χ1) is 7.18. The standard InChI is InChI=1S/C10H13Br2NOS/c11-7-4-8(15-10(7)12)9(13)6-2-1-3-14-5-6/h4,6,9H,1-3,5,13H2. The van der Waals surface area contributed by atoms with Crippen LogP contribution in [0.1, 0.15) is 23.8 Å². The van der Waals surface area contributed by atoms with Gasteiger partial charge in [0.1, 0.15) is 0 Å². The Morgan fingerprint density at radius 1 is 1.53 bits per heavy atom. The van der Waals surface area contributed by atoms with Gasteiger partial charge >= 0.3 is 0 Å². The molecule has 2 unspecified atom stereocenters. The van der Waals surface area contributed by atoms with Gasteiger partial charge in [-0.05, 0) is 50.8 Å². The number of hydrogen-bond donors (Lipinski definition) is 1. The van der Waals surface area contributed by atoms with E-state index in [0.717, 1.165) is 27.9 Å². The Hall–Kier alpha value is 0.580. The van der Waals surface area contributed by atoms with Crippen molar-refractivity contribution in [1.29, 1.82) is 0 Å². The summed E-state index contributed by atoms with van der Waals surface area (Å²) < 4.78 is 7.67. The van der Waals surface area contributed by atoms with Gasteiger partial charge in [0.2, 0.25) is 0 Å². The molecule has 0 spiro atoms. The van der Waals surface area contributed by atoms with Crippen LogP contribution in [-0.4, -0.2) is 13.2 Å². The number of nitrogens with two attached hydrogens (primary N) is 1. The van der Waals surface area contributed by atoms with Crippen molar-refractivity contribution in [2.24, 2.45) is 11.7 Å². The minimum absolute atomic E-state index is 0.109. The van der Waals surface area contributed by atoms with Gasteiger partial charge < -0.3 is 10.5 Å². The predicted molar refractivity (Wildman–Crippen MR) is 70.2 cm³/mol. The number of thiophene rings is 1. The molecule has 0 aromatic carbocycles. The maximum atomic E-state index is 6.24. The van der Waals surface area contributed by atoms with Crippen LogP contribution in [0, 0.1) is 5.92 Å². The molecule has 2 N–H and O–H groups in total. The molecule has 1 saturated heterocycles. The summed E-state index contributed by atoms with van der Waals surface area (Å²) in [4.78, 5) is 1.23. The smallest absolute Gasteiger partial charge is 0.0843 e. The zero-order valence-corrected chi connectivity index (χ0v) is 12.2. The van der Waals surface area contributed by atoms with E-state index >= 15 is 0 Å². The molecule has 2 atom stereocenters. The van der Waals surface area contributed by atoms with Crippen LogP contribution in [0.15, 0.2) is 14.3 Å². The van der Waals surface area contributed by atoms with Crippen molar-refractivity contribution in [1.82, 2.24) is 0 Å². The SMILES string of the molecule is NC(c1cc(Br)c(Br)s1)C1CCCOC1. The summed E-state index contributed by atoms with van der Waals surface area (Å²) in [6, 6.07) is 2.21. The van der Waals surface area contributed by atoms with Crippen molar-refractivity contribution < 1.29 is 4.74 Å². The molecule has 1 aliphatic rings.